The summed E-state index contributed by atoms with van der Waals surface area (Å²) in [5, 5.41) is 16.0. The fourth-order valence-electron chi connectivity index (χ4n) is 3.48. The molecule has 0 bridgehead atoms. The molecule has 0 radical (unpaired) electrons. The van der Waals surface area contributed by atoms with Gasteiger partial charge in [-0.15, -0.1) is 0 Å². The third-order valence-corrected chi connectivity index (χ3v) is 5.70. The summed E-state index contributed by atoms with van der Waals surface area (Å²) in [6.07, 6.45) is 2.01. The lowest BCUT2D eigenvalue weighted by molar-refractivity contribution is 0.0358. The van der Waals surface area contributed by atoms with Gasteiger partial charge in [0.2, 0.25) is 5.95 Å². The van der Waals surface area contributed by atoms with Crippen LogP contribution in [0.2, 0.25) is 5.02 Å². The van der Waals surface area contributed by atoms with Crippen LogP contribution < -0.4 is 15.4 Å². The van der Waals surface area contributed by atoms with Gasteiger partial charge in [0.25, 0.3) is 0 Å². The number of hydrogen-bond donors (Lipinski definition) is 3. The predicted octanol–water partition coefficient (Wildman–Crippen LogP) is 4.87. The number of halogens is 2. The SMILES string of the molecule is Cc1cc(Nc2ncc(F)c(Nc3ccc(OCCCN4CCOCC4)cc3)n2)c(Cl)cc1O. The molecule has 1 aromatic heterocycles. The summed E-state index contributed by atoms with van der Waals surface area (Å²) in [5.74, 6) is 0.416. The van der Waals surface area contributed by atoms with Crippen LogP contribution in [-0.2, 0) is 4.74 Å². The highest BCUT2D eigenvalue weighted by Crippen LogP contribution is 2.31. The van der Waals surface area contributed by atoms with Crippen molar-refractivity contribution < 1.29 is 19.0 Å². The lowest BCUT2D eigenvalue weighted by Gasteiger charge is -2.26. The Kier molecular flexibility index (Phi) is 7.99. The second-order valence-electron chi connectivity index (χ2n) is 7.94. The molecule has 0 aliphatic carbocycles. The first-order chi connectivity index (χ1) is 16.5. The minimum absolute atomic E-state index is 0.0169. The number of phenolic OH excluding ortho intramolecular Hbond substituents is 1. The molecule has 2 heterocycles. The number of anilines is 4. The second-order valence-corrected chi connectivity index (χ2v) is 8.35. The minimum Gasteiger partial charge on any atom is -0.508 e. The van der Waals surface area contributed by atoms with E-state index >= 15 is 0 Å². The van der Waals surface area contributed by atoms with Crippen LogP contribution in [0.15, 0.2) is 42.6 Å². The predicted molar refractivity (Wildman–Crippen MR) is 130 cm³/mol. The summed E-state index contributed by atoms with van der Waals surface area (Å²) in [6.45, 7) is 6.89. The Bertz CT molecular complexity index is 1110. The topological polar surface area (TPSA) is 91.8 Å². The van der Waals surface area contributed by atoms with Gasteiger partial charge in [-0.3, -0.25) is 4.90 Å². The lowest BCUT2D eigenvalue weighted by Crippen LogP contribution is -2.37. The highest BCUT2D eigenvalue weighted by Gasteiger charge is 2.12. The maximum atomic E-state index is 14.3. The van der Waals surface area contributed by atoms with Gasteiger partial charge in [0.1, 0.15) is 11.5 Å². The molecule has 1 fully saturated rings. The van der Waals surface area contributed by atoms with E-state index in [9.17, 15) is 9.50 Å². The van der Waals surface area contributed by atoms with E-state index in [2.05, 4.69) is 25.5 Å². The third-order valence-electron chi connectivity index (χ3n) is 5.38. The lowest BCUT2D eigenvalue weighted by atomic mass is 10.2. The molecule has 1 saturated heterocycles. The van der Waals surface area contributed by atoms with Crippen molar-refractivity contribution in [3.05, 3.63) is 59.0 Å². The number of aryl methyl sites for hydroxylation is 1. The van der Waals surface area contributed by atoms with Crippen molar-refractivity contribution in [1.82, 2.24) is 14.9 Å². The average molecular weight is 488 g/mol. The molecule has 0 saturated carbocycles. The normalized spacial score (nSPS) is 14.1. The third kappa shape index (κ3) is 6.47. The number of morpholine rings is 1. The molecule has 0 spiro atoms. The van der Waals surface area contributed by atoms with Crippen LogP contribution in [0.5, 0.6) is 11.5 Å². The molecular weight excluding hydrogens is 461 g/mol. The van der Waals surface area contributed by atoms with E-state index in [4.69, 9.17) is 21.1 Å². The number of phenols is 1. The van der Waals surface area contributed by atoms with Crippen LogP contribution >= 0.6 is 11.6 Å². The fraction of sp³-hybridized carbons (Fsp3) is 0.333. The molecule has 2 aromatic carbocycles. The van der Waals surface area contributed by atoms with Crippen LogP contribution in [0, 0.1) is 12.7 Å². The summed E-state index contributed by atoms with van der Waals surface area (Å²) < 4.78 is 25.5. The smallest absolute Gasteiger partial charge is 0.229 e. The number of hydrogen-bond acceptors (Lipinski definition) is 8. The van der Waals surface area contributed by atoms with E-state index in [1.165, 1.54) is 6.07 Å². The Morgan fingerprint density at radius 3 is 2.71 bits per heavy atom. The van der Waals surface area contributed by atoms with E-state index in [-0.39, 0.29) is 17.5 Å². The summed E-state index contributed by atoms with van der Waals surface area (Å²) in [5.41, 5.74) is 1.79. The maximum absolute atomic E-state index is 14.3. The van der Waals surface area contributed by atoms with Gasteiger partial charge < -0.3 is 25.2 Å². The molecular formula is C24H27ClFN5O3. The Morgan fingerprint density at radius 2 is 1.94 bits per heavy atom. The molecule has 0 atom stereocenters. The molecule has 3 aromatic rings. The van der Waals surface area contributed by atoms with Crippen LogP contribution in [0.1, 0.15) is 12.0 Å². The Labute approximate surface area is 202 Å². The first kappa shape index (κ1) is 24.0. The number of ether oxygens (including phenoxy) is 2. The summed E-state index contributed by atoms with van der Waals surface area (Å²) in [4.78, 5) is 10.6. The highest BCUT2D eigenvalue weighted by molar-refractivity contribution is 6.33. The number of aromatic nitrogens is 2. The molecule has 34 heavy (non-hydrogen) atoms. The summed E-state index contributed by atoms with van der Waals surface area (Å²) in [7, 11) is 0. The van der Waals surface area contributed by atoms with Crippen molar-refractivity contribution in [2.45, 2.75) is 13.3 Å². The largest absolute Gasteiger partial charge is 0.508 e. The Morgan fingerprint density at radius 1 is 1.18 bits per heavy atom. The molecule has 1 aliphatic rings. The van der Waals surface area contributed by atoms with Crippen molar-refractivity contribution in [1.29, 1.82) is 0 Å². The van der Waals surface area contributed by atoms with Gasteiger partial charge in [-0.25, -0.2) is 9.37 Å². The molecule has 0 unspecified atom stereocenters. The number of benzene rings is 2. The van der Waals surface area contributed by atoms with Crippen LogP contribution in [0.3, 0.4) is 0 Å². The number of rotatable bonds is 9. The van der Waals surface area contributed by atoms with Crippen LogP contribution in [-0.4, -0.2) is 59.4 Å². The monoisotopic (exact) mass is 487 g/mol. The van der Waals surface area contributed by atoms with Gasteiger partial charge >= 0.3 is 0 Å². The average Bonchev–Trinajstić information content (AvgIpc) is 2.84. The zero-order valence-electron chi connectivity index (χ0n) is 18.9. The van der Waals surface area contributed by atoms with Gasteiger partial charge in [-0.2, -0.15) is 4.98 Å². The fourth-order valence-corrected chi connectivity index (χ4v) is 3.68. The zero-order chi connectivity index (χ0) is 23.9. The molecule has 10 heteroatoms. The number of aromatic hydroxyl groups is 1. The minimum atomic E-state index is -0.595. The van der Waals surface area contributed by atoms with Crippen molar-refractivity contribution in [3.63, 3.8) is 0 Å². The zero-order valence-corrected chi connectivity index (χ0v) is 19.6. The van der Waals surface area contributed by atoms with Crippen molar-refractivity contribution in [2.75, 3.05) is 50.1 Å². The maximum Gasteiger partial charge on any atom is 0.229 e. The van der Waals surface area contributed by atoms with Crippen LogP contribution in [0.4, 0.5) is 27.5 Å². The van der Waals surface area contributed by atoms with Gasteiger partial charge in [0.15, 0.2) is 11.6 Å². The molecule has 1 aliphatic heterocycles. The highest BCUT2D eigenvalue weighted by atomic mass is 35.5. The molecule has 180 valence electrons. The van der Waals surface area contributed by atoms with E-state index in [0.717, 1.165) is 51.2 Å². The standard InChI is InChI=1S/C24H27ClFN5O3/c1-16-13-21(19(25)14-22(16)32)29-24-27-15-20(26)23(30-24)28-17-3-5-18(6-4-17)34-10-2-7-31-8-11-33-12-9-31/h3-6,13-15,32H,2,7-12H2,1H3,(H2,27,28,29,30). The van der Waals surface area contributed by atoms with Gasteiger partial charge in [0.05, 0.1) is 36.7 Å². The second kappa shape index (κ2) is 11.3. The van der Waals surface area contributed by atoms with E-state index < -0.39 is 5.82 Å². The quantitative estimate of drug-likeness (QED) is 0.291. The molecule has 3 N–H and O–H groups in total. The Hall–Kier alpha value is -3.14. The van der Waals surface area contributed by atoms with Gasteiger partial charge in [-0.05, 0) is 49.2 Å². The first-order valence-corrected chi connectivity index (χ1v) is 11.4. The van der Waals surface area contributed by atoms with E-state index in [1.54, 1.807) is 25.1 Å². The van der Waals surface area contributed by atoms with Crippen molar-refractivity contribution in [3.8, 4) is 11.5 Å². The summed E-state index contributed by atoms with van der Waals surface area (Å²) >= 11 is 6.16. The molecule has 8 nitrogen and oxygen atoms in total. The van der Waals surface area contributed by atoms with E-state index in [0.29, 0.717) is 28.6 Å². The number of nitrogens with one attached hydrogen (secondary N) is 2. The molecule has 4 rings (SSSR count). The van der Waals surface area contributed by atoms with Crippen molar-refractivity contribution in [2.24, 2.45) is 0 Å². The van der Waals surface area contributed by atoms with Gasteiger partial charge in [-0.1, -0.05) is 11.6 Å². The summed E-state index contributed by atoms with van der Waals surface area (Å²) in [6, 6.07) is 10.3. The van der Waals surface area contributed by atoms with Crippen molar-refractivity contribution >= 4 is 34.7 Å². The number of nitrogens with zero attached hydrogens (tertiary/aromatic N) is 3. The Balaban J connectivity index is 1.32. The molecule has 0 amide bonds. The van der Waals surface area contributed by atoms with Crippen LogP contribution in [0.25, 0.3) is 0 Å². The van der Waals surface area contributed by atoms with E-state index in [1.807, 2.05) is 12.1 Å². The first-order valence-electron chi connectivity index (χ1n) is 11.1. The van der Waals surface area contributed by atoms with Gasteiger partial charge in [0, 0.05) is 31.4 Å².